The Kier molecular flexibility index (Phi) is 4.11. The summed E-state index contributed by atoms with van der Waals surface area (Å²) in [7, 11) is 0. The fourth-order valence-electron chi connectivity index (χ4n) is 1.83. The first kappa shape index (κ1) is 15.8. The smallest absolute Gasteiger partial charge is 0.345 e. The van der Waals surface area contributed by atoms with Crippen molar-refractivity contribution in [2.75, 3.05) is 5.32 Å². The first-order chi connectivity index (χ1) is 11.4. The Labute approximate surface area is 132 Å². The van der Waals surface area contributed by atoms with Gasteiger partial charge in [-0.25, -0.2) is 14.4 Å². The van der Waals surface area contributed by atoms with Crippen LogP contribution in [-0.4, -0.2) is 20.1 Å². The molecule has 0 unspecified atom stereocenters. The average molecular weight is 339 g/mol. The number of benzene rings is 1. The lowest BCUT2D eigenvalue weighted by atomic mass is 10.2. The quantitative estimate of drug-likeness (QED) is 0.735. The maximum Gasteiger partial charge on any atom is 0.433 e. The summed E-state index contributed by atoms with van der Waals surface area (Å²) in [5.74, 6) is -0.420. The van der Waals surface area contributed by atoms with Crippen LogP contribution in [0.15, 0.2) is 41.1 Å². The second-order valence-electron chi connectivity index (χ2n) is 4.64. The van der Waals surface area contributed by atoms with E-state index in [0.29, 0.717) is 5.56 Å². The van der Waals surface area contributed by atoms with Gasteiger partial charge in [0.2, 0.25) is 17.7 Å². The number of aromatic nitrogens is 4. The zero-order chi connectivity index (χ0) is 17.2. The lowest BCUT2D eigenvalue weighted by molar-refractivity contribution is -0.141. The molecule has 2 aromatic heterocycles. The number of rotatable bonds is 4. The highest BCUT2D eigenvalue weighted by molar-refractivity contribution is 5.53. The van der Waals surface area contributed by atoms with Crippen LogP contribution in [0.25, 0.3) is 11.4 Å². The van der Waals surface area contributed by atoms with Gasteiger partial charge >= 0.3 is 6.18 Å². The van der Waals surface area contributed by atoms with E-state index in [1.807, 2.05) is 0 Å². The number of hydrogen-bond acceptors (Lipinski definition) is 6. The minimum absolute atomic E-state index is 0.0797. The summed E-state index contributed by atoms with van der Waals surface area (Å²) >= 11 is 0. The molecule has 0 fully saturated rings. The van der Waals surface area contributed by atoms with Crippen LogP contribution in [0, 0.1) is 5.82 Å². The molecule has 3 rings (SSSR count). The Hall–Kier alpha value is -3.04. The van der Waals surface area contributed by atoms with Gasteiger partial charge in [0.25, 0.3) is 0 Å². The summed E-state index contributed by atoms with van der Waals surface area (Å²) in [5.41, 5.74) is -0.647. The molecule has 3 aromatic rings. The van der Waals surface area contributed by atoms with Crippen LogP contribution >= 0.6 is 0 Å². The third kappa shape index (κ3) is 3.65. The van der Waals surface area contributed by atoms with Crippen molar-refractivity contribution >= 4 is 5.95 Å². The highest BCUT2D eigenvalue weighted by Gasteiger charge is 2.32. The van der Waals surface area contributed by atoms with Gasteiger partial charge in [-0.3, -0.25) is 0 Å². The van der Waals surface area contributed by atoms with E-state index >= 15 is 0 Å². The molecule has 0 radical (unpaired) electrons. The molecule has 0 aliphatic rings. The fraction of sp³-hybridized carbons (Fsp3) is 0.143. The van der Waals surface area contributed by atoms with Crippen LogP contribution < -0.4 is 5.32 Å². The molecule has 0 atom stereocenters. The standard InChI is InChI=1S/C14H9F4N5O/c15-9-3-1-2-8(6-9)12-22-11(24-23-12)7-20-13-19-5-4-10(21-13)14(16,17)18/h1-6H,7H2,(H,19,20,21). The summed E-state index contributed by atoms with van der Waals surface area (Å²) in [5, 5.41) is 6.24. The van der Waals surface area contributed by atoms with Crippen molar-refractivity contribution in [2.24, 2.45) is 0 Å². The Bertz CT molecular complexity index is 849. The molecule has 0 saturated carbocycles. The second-order valence-corrected chi connectivity index (χ2v) is 4.64. The van der Waals surface area contributed by atoms with Crippen molar-refractivity contribution in [1.82, 2.24) is 20.1 Å². The highest BCUT2D eigenvalue weighted by atomic mass is 19.4. The van der Waals surface area contributed by atoms with Crippen molar-refractivity contribution in [3.8, 4) is 11.4 Å². The van der Waals surface area contributed by atoms with Crippen LogP contribution in [0.5, 0.6) is 0 Å². The van der Waals surface area contributed by atoms with Gasteiger partial charge in [-0.15, -0.1) is 0 Å². The molecule has 0 amide bonds. The topological polar surface area (TPSA) is 76.7 Å². The number of halogens is 4. The molecule has 2 heterocycles. The van der Waals surface area contributed by atoms with E-state index in [9.17, 15) is 17.6 Å². The lowest BCUT2D eigenvalue weighted by Gasteiger charge is -2.07. The predicted octanol–water partition coefficient (Wildman–Crippen LogP) is 3.30. The van der Waals surface area contributed by atoms with Gasteiger partial charge in [0.15, 0.2) is 0 Å². The van der Waals surface area contributed by atoms with E-state index in [4.69, 9.17) is 4.52 Å². The van der Waals surface area contributed by atoms with E-state index in [1.165, 1.54) is 18.2 Å². The normalized spacial score (nSPS) is 11.5. The zero-order valence-corrected chi connectivity index (χ0v) is 11.9. The Morgan fingerprint density at radius 2 is 1.96 bits per heavy atom. The van der Waals surface area contributed by atoms with Gasteiger partial charge in [-0.05, 0) is 18.2 Å². The predicted molar refractivity (Wildman–Crippen MR) is 74.1 cm³/mol. The van der Waals surface area contributed by atoms with Gasteiger partial charge < -0.3 is 9.84 Å². The number of anilines is 1. The van der Waals surface area contributed by atoms with Gasteiger partial charge in [0, 0.05) is 11.8 Å². The molecule has 0 bridgehead atoms. The maximum absolute atomic E-state index is 13.2. The fourth-order valence-corrected chi connectivity index (χ4v) is 1.83. The molecule has 0 aliphatic carbocycles. The molecule has 124 valence electrons. The minimum Gasteiger partial charge on any atom is -0.345 e. The van der Waals surface area contributed by atoms with Crippen LogP contribution in [0.1, 0.15) is 11.6 Å². The Morgan fingerprint density at radius 1 is 1.12 bits per heavy atom. The first-order valence-corrected chi connectivity index (χ1v) is 6.64. The third-order valence-corrected chi connectivity index (χ3v) is 2.89. The molecule has 0 aliphatic heterocycles. The van der Waals surface area contributed by atoms with E-state index in [-0.39, 0.29) is 24.2 Å². The number of nitrogens with one attached hydrogen (secondary N) is 1. The zero-order valence-electron chi connectivity index (χ0n) is 11.9. The Balaban J connectivity index is 1.70. The van der Waals surface area contributed by atoms with Gasteiger partial charge in [-0.2, -0.15) is 18.2 Å². The summed E-state index contributed by atoms with van der Waals surface area (Å²) in [6.07, 6.45) is -3.57. The summed E-state index contributed by atoms with van der Waals surface area (Å²) in [4.78, 5) is 11.1. The third-order valence-electron chi connectivity index (χ3n) is 2.89. The molecular weight excluding hydrogens is 330 g/mol. The van der Waals surface area contributed by atoms with Crippen molar-refractivity contribution < 1.29 is 22.1 Å². The molecule has 24 heavy (non-hydrogen) atoms. The van der Waals surface area contributed by atoms with Crippen molar-refractivity contribution in [1.29, 1.82) is 0 Å². The molecule has 1 N–H and O–H groups in total. The van der Waals surface area contributed by atoms with Crippen molar-refractivity contribution in [2.45, 2.75) is 12.7 Å². The minimum atomic E-state index is -4.56. The average Bonchev–Trinajstić information content (AvgIpc) is 3.01. The highest BCUT2D eigenvalue weighted by Crippen LogP contribution is 2.27. The van der Waals surface area contributed by atoms with Gasteiger partial charge in [0.05, 0.1) is 6.54 Å². The molecule has 0 saturated heterocycles. The molecule has 1 aromatic carbocycles. The monoisotopic (exact) mass is 339 g/mol. The van der Waals surface area contributed by atoms with Crippen LogP contribution in [0.2, 0.25) is 0 Å². The second kappa shape index (κ2) is 6.22. The summed E-state index contributed by atoms with van der Waals surface area (Å²) < 4.78 is 55.8. The first-order valence-electron chi connectivity index (χ1n) is 6.64. The lowest BCUT2D eigenvalue weighted by Crippen LogP contribution is -2.11. The number of nitrogens with zero attached hydrogens (tertiary/aromatic N) is 4. The van der Waals surface area contributed by atoms with E-state index in [0.717, 1.165) is 12.3 Å². The van der Waals surface area contributed by atoms with Gasteiger partial charge in [0.1, 0.15) is 11.5 Å². The molecule has 10 heteroatoms. The van der Waals surface area contributed by atoms with E-state index in [1.54, 1.807) is 6.07 Å². The molecular formula is C14H9F4N5O. The van der Waals surface area contributed by atoms with E-state index < -0.39 is 17.7 Å². The van der Waals surface area contributed by atoms with Crippen molar-refractivity contribution in [3.05, 3.63) is 53.9 Å². The van der Waals surface area contributed by atoms with Gasteiger partial charge in [-0.1, -0.05) is 17.3 Å². The van der Waals surface area contributed by atoms with E-state index in [2.05, 4.69) is 25.4 Å². The molecule has 0 spiro atoms. The Morgan fingerprint density at radius 3 is 2.71 bits per heavy atom. The van der Waals surface area contributed by atoms with Crippen LogP contribution in [0.4, 0.5) is 23.5 Å². The largest absolute Gasteiger partial charge is 0.433 e. The number of alkyl halides is 3. The molecule has 6 nitrogen and oxygen atoms in total. The van der Waals surface area contributed by atoms with Crippen LogP contribution in [-0.2, 0) is 12.7 Å². The summed E-state index contributed by atoms with van der Waals surface area (Å²) in [6.45, 7) is -0.0797. The van der Waals surface area contributed by atoms with Crippen molar-refractivity contribution in [3.63, 3.8) is 0 Å². The number of hydrogen-bond donors (Lipinski definition) is 1. The van der Waals surface area contributed by atoms with Crippen LogP contribution in [0.3, 0.4) is 0 Å². The summed E-state index contributed by atoms with van der Waals surface area (Å²) in [6, 6.07) is 6.37. The SMILES string of the molecule is Fc1cccc(-c2noc(CNc3nccc(C(F)(F)F)n3)n2)c1. The maximum atomic E-state index is 13.2.